The van der Waals surface area contributed by atoms with Crippen molar-refractivity contribution in [3.8, 4) is 0 Å². The standard InChI is InChI=1S/C17H23N3O3.ClH/c1-12(21)20(15-6-7-15)11-13-2-4-14(5-3-13)19-17(22)16-10-18-8-9-23-16;/h2-5,15-16,18H,6-11H2,1H3,(H,19,22);1H. The van der Waals surface area contributed by atoms with E-state index in [4.69, 9.17) is 4.74 Å². The molecule has 2 aliphatic rings. The molecule has 1 aliphatic carbocycles. The Morgan fingerprint density at radius 3 is 2.54 bits per heavy atom. The normalized spacial score (nSPS) is 20.0. The van der Waals surface area contributed by atoms with Gasteiger partial charge in [0.15, 0.2) is 0 Å². The second-order valence-corrected chi connectivity index (χ2v) is 6.13. The minimum atomic E-state index is -0.438. The third kappa shape index (κ3) is 4.93. The molecule has 1 heterocycles. The second-order valence-electron chi connectivity index (χ2n) is 6.13. The number of ether oxygens (including phenoxy) is 1. The zero-order chi connectivity index (χ0) is 16.2. The molecule has 2 amide bonds. The quantitative estimate of drug-likeness (QED) is 0.842. The number of halogens is 1. The Hall–Kier alpha value is -1.63. The monoisotopic (exact) mass is 353 g/mol. The summed E-state index contributed by atoms with van der Waals surface area (Å²) in [7, 11) is 0. The molecule has 1 aromatic rings. The molecule has 24 heavy (non-hydrogen) atoms. The van der Waals surface area contributed by atoms with E-state index in [0.29, 0.717) is 25.7 Å². The maximum absolute atomic E-state index is 12.1. The van der Waals surface area contributed by atoms with Crippen LogP contribution in [0.4, 0.5) is 5.69 Å². The van der Waals surface area contributed by atoms with Gasteiger partial charge in [0.2, 0.25) is 5.91 Å². The van der Waals surface area contributed by atoms with Crippen molar-refractivity contribution in [3.05, 3.63) is 29.8 Å². The van der Waals surface area contributed by atoms with Crippen LogP contribution in [0.5, 0.6) is 0 Å². The van der Waals surface area contributed by atoms with Crippen molar-refractivity contribution in [2.45, 2.75) is 38.5 Å². The number of hydrogen-bond donors (Lipinski definition) is 2. The number of anilines is 1. The van der Waals surface area contributed by atoms with Crippen molar-refractivity contribution >= 4 is 29.9 Å². The Morgan fingerprint density at radius 1 is 1.29 bits per heavy atom. The fourth-order valence-electron chi connectivity index (χ4n) is 2.73. The number of rotatable bonds is 5. The van der Waals surface area contributed by atoms with E-state index in [1.54, 1.807) is 6.92 Å². The first-order valence-corrected chi connectivity index (χ1v) is 8.13. The topological polar surface area (TPSA) is 70.7 Å². The number of morpholine rings is 1. The third-order valence-electron chi connectivity index (χ3n) is 4.19. The Bertz CT molecular complexity index is 569. The predicted octanol–water partition coefficient (Wildman–Crippen LogP) is 1.55. The molecule has 0 radical (unpaired) electrons. The highest BCUT2D eigenvalue weighted by Crippen LogP contribution is 2.28. The highest BCUT2D eigenvalue weighted by atomic mass is 35.5. The first-order chi connectivity index (χ1) is 11.1. The SMILES string of the molecule is CC(=O)N(Cc1ccc(NC(=O)C2CNCCO2)cc1)C1CC1.Cl. The number of benzene rings is 1. The van der Waals surface area contributed by atoms with Gasteiger partial charge in [0, 0.05) is 38.3 Å². The maximum atomic E-state index is 12.1. The van der Waals surface area contributed by atoms with Gasteiger partial charge < -0.3 is 20.3 Å². The number of carbonyl (C=O) groups excluding carboxylic acids is 2. The molecule has 1 aliphatic heterocycles. The molecule has 2 fully saturated rings. The number of nitrogens with zero attached hydrogens (tertiary/aromatic N) is 1. The third-order valence-corrected chi connectivity index (χ3v) is 4.19. The number of carbonyl (C=O) groups is 2. The highest BCUT2D eigenvalue weighted by molar-refractivity contribution is 5.94. The van der Waals surface area contributed by atoms with Crippen LogP contribution in [0.3, 0.4) is 0 Å². The molecule has 1 unspecified atom stereocenters. The Labute approximate surface area is 148 Å². The summed E-state index contributed by atoms with van der Waals surface area (Å²) in [6, 6.07) is 8.05. The zero-order valence-corrected chi connectivity index (χ0v) is 14.6. The van der Waals surface area contributed by atoms with Gasteiger partial charge in [-0.1, -0.05) is 12.1 Å². The molecule has 1 saturated carbocycles. The van der Waals surface area contributed by atoms with E-state index in [9.17, 15) is 9.59 Å². The summed E-state index contributed by atoms with van der Waals surface area (Å²) in [6.45, 7) is 4.12. The molecule has 0 spiro atoms. The van der Waals surface area contributed by atoms with Crippen LogP contribution in [-0.4, -0.2) is 48.6 Å². The average molecular weight is 354 g/mol. The van der Waals surface area contributed by atoms with Crippen LogP contribution in [0.25, 0.3) is 0 Å². The number of nitrogens with one attached hydrogen (secondary N) is 2. The van der Waals surface area contributed by atoms with Crippen LogP contribution < -0.4 is 10.6 Å². The molecule has 6 nitrogen and oxygen atoms in total. The maximum Gasteiger partial charge on any atom is 0.254 e. The van der Waals surface area contributed by atoms with Crippen LogP contribution in [0.15, 0.2) is 24.3 Å². The Balaban J connectivity index is 0.00000208. The summed E-state index contributed by atoms with van der Waals surface area (Å²) in [5, 5.41) is 6.00. The first kappa shape index (κ1) is 18.7. The Kier molecular flexibility index (Phi) is 6.60. The molecule has 3 rings (SSSR count). The molecule has 0 aromatic heterocycles. The lowest BCUT2D eigenvalue weighted by Crippen LogP contribution is -2.45. The van der Waals surface area contributed by atoms with E-state index in [-0.39, 0.29) is 24.2 Å². The van der Waals surface area contributed by atoms with Crippen LogP contribution >= 0.6 is 12.4 Å². The van der Waals surface area contributed by atoms with E-state index in [2.05, 4.69) is 10.6 Å². The van der Waals surface area contributed by atoms with Gasteiger partial charge in [-0.3, -0.25) is 9.59 Å². The summed E-state index contributed by atoms with van der Waals surface area (Å²) in [5.41, 5.74) is 1.81. The molecule has 7 heteroatoms. The lowest BCUT2D eigenvalue weighted by Gasteiger charge is -2.23. The molecule has 1 atom stereocenters. The largest absolute Gasteiger partial charge is 0.366 e. The van der Waals surface area contributed by atoms with Crippen molar-refractivity contribution in [2.24, 2.45) is 0 Å². The fourth-order valence-corrected chi connectivity index (χ4v) is 2.73. The van der Waals surface area contributed by atoms with Crippen molar-refractivity contribution in [1.82, 2.24) is 10.2 Å². The van der Waals surface area contributed by atoms with Crippen molar-refractivity contribution in [3.63, 3.8) is 0 Å². The van der Waals surface area contributed by atoms with E-state index in [1.165, 1.54) is 0 Å². The summed E-state index contributed by atoms with van der Waals surface area (Å²) < 4.78 is 5.43. The van der Waals surface area contributed by atoms with E-state index >= 15 is 0 Å². The van der Waals surface area contributed by atoms with Crippen molar-refractivity contribution < 1.29 is 14.3 Å². The zero-order valence-electron chi connectivity index (χ0n) is 13.8. The van der Waals surface area contributed by atoms with Gasteiger partial charge in [0.25, 0.3) is 5.91 Å². The van der Waals surface area contributed by atoms with Gasteiger partial charge in [-0.25, -0.2) is 0 Å². The fraction of sp³-hybridized carbons (Fsp3) is 0.529. The van der Waals surface area contributed by atoms with Crippen molar-refractivity contribution in [1.29, 1.82) is 0 Å². The van der Waals surface area contributed by atoms with Gasteiger partial charge in [-0.05, 0) is 30.5 Å². The second kappa shape index (κ2) is 8.46. The minimum absolute atomic E-state index is 0. The molecule has 132 valence electrons. The average Bonchev–Trinajstić information content (AvgIpc) is 3.39. The van der Waals surface area contributed by atoms with Gasteiger partial charge in [-0.2, -0.15) is 0 Å². The van der Waals surface area contributed by atoms with E-state index in [0.717, 1.165) is 30.6 Å². The lowest BCUT2D eigenvalue weighted by molar-refractivity contribution is -0.130. The van der Waals surface area contributed by atoms with Crippen molar-refractivity contribution in [2.75, 3.05) is 25.0 Å². The molecule has 0 bridgehead atoms. The number of amides is 2. The van der Waals surface area contributed by atoms with E-state index < -0.39 is 6.10 Å². The van der Waals surface area contributed by atoms with Gasteiger partial charge in [-0.15, -0.1) is 12.4 Å². The van der Waals surface area contributed by atoms with Crippen LogP contribution in [0.2, 0.25) is 0 Å². The highest BCUT2D eigenvalue weighted by Gasteiger charge is 2.30. The lowest BCUT2D eigenvalue weighted by atomic mass is 10.2. The molecule has 1 saturated heterocycles. The number of hydrogen-bond acceptors (Lipinski definition) is 4. The van der Waals surface area contributed by atoms with Gasteiger partial charge in [0.1, 0.15) is 6.10 Å². The molecular weight excluding hydrogens is 330 g/mol. The summed E-state index contributed by atoms with van der Waals surface area (Å²) >= 11 is 0. The van der Waals surface area contributed by atoms with Gasteiger partial charge >= 0.3 is 0 Å². The smallest absolute Gasteiger partial charge is 0.254 e. The summed E-state index contributed by atoms with van der Waals surface area (Å²) in [4.78, 5) is 25.7. The molecule has 1 aromatic carbocycles. The molecule has 2 N–H and O–H groups in total. The first-order valence-electron chi connectivity index (χ1n) is 8.13. The van der Waals surface area contributed by atoms with E-state index in [1.807, 2.05) is 29.2 Å². The predicted molar refractivity (Wildman–Crippen MR) is 94.2 cm³/mol. The van der Waals surface area contributed by atoms with Gasteiger partial charge in [0.05, 0.1) is 6.61 Å². The van der Waals surface area contributed by atoms with Crippen LogP contribution in [0, 0.1) is 0 Å². The van der Waals surface area contributed by atoms with Crippen LogP contribution in [-0.2, 0) is 20.9 Å². The Morgan fingerprint density at radius 2 is 2.00 bits per heavy atom. The summed E-state index contributed by atoms with van der Waals surface area (Å²) in [6.07, 6.45) is 1.76. The minimum Gasteiger partial charge on any atom is -0.366 e. The van der Waals surface area contributed by atoms with Crippen LogP contribution in [0.1, 0.15) is 25.3 Å². The summed E-state index contributed by atoms with van der Waals surface area (Å²) in [5.74, 6) is -0.0138. The molecular formula is C17H24ClN3O3.